The Morgan fingerprint density at radius 2 is 1.77 bits per heavy atom. The molecule has 0 aliphatic rings. The molecule has 5 heteroatoms. The van der Waals surface area contributed by atoms with Crippen LogP contribution in [0.4, 0.5) is 0 Å². The number of aromatic amines is 1. The van der Waals surface area contributed by atoms with Crippen molar-refractivity contribution in [2.75, 3.05) is 0 Å². The Bertz CT molecular complexity index is 863. The smallest absolute Gasteiger partial charge is 0.264 e. The van der Waals surface area contributed by atoms with Gasteiger partial charge in [0.05, 0.1) is 0 Å². The first-order valence-electron chi connectivity index (χ1n) is 6.97. The minimum atomic E-state index is 0.247. The van der Waals surface area contributed by atoms with Crippen LogP contribution in [0.25, 0.3) is 22.5 Å². The van der Waals surface area contributed by atoms with Crippen LogP contribution in [0.2, 0.25) is 0 Å². The van der Waals surface area contributed by atoms with Gasteiger partial charge >= 0.3 is 0 Å². The van der Waals surface area contributed by atoms with Crippen molar-refractivity contribution in [1.82, 2.24) is 15.2 Å². The maximum absolute atomic E-state index is 5.64. The lowest BCUT2D eigenvalue weighted by molar-refractivity contribution is 0.264. The second kappa shape index (κ2) is 5.37. The van der Waals surface area contributed by atoms with E-state index in [1.165, 1.54) is 0 Å². The molecule has 0 unspecified atom stereocenters. The van der Waals surface area contributed by atoms with E-state index in [2.05, 4.69) is 15.2 Å². The van der Waals surface area contributed by atoms with Crippen molar-refractivity contribution in [3.05, 3.63) is 66.6 Å². The molecule has 1 N–H and O–H groups in total. The number of benzene rings is 2. The number of nitrogens with zero attached hydrogens (tertiary/aromatic N) is 2. The van der Waals surface area contributed by atoms with Gasteiger partial charge in [-0.15, -0.1) is 10.2 Å². The van der Waals surface area contributed by atoms with Crippen molar-refractivity contribution in [2.24, 2.45) is 0 Å². The van der Waals surface area contributed by atoms with Crippen LogP contribution in [0, 0.1) is 0 Å². The number of hydrogen-bond donors (Lipinski definition) is 1. The molecule has 2 aromatic carbocycles. The first-order valence-corrected chi connectivity index (χ1v) is 6.97. The van der Waals surface area contributed by atoms with Crippen LogP contribution in [-0.4, -0.2) is 15.2 Å². The molecule has 4 rings (SSSR count). The lowest BCUT2D eigenvalue weighted by Gasteiger charge is -2.01. The molecular weight excluding hydrogens is 278 g/mol. The van der Waals surface area contributed by atoms with E-state index in [-0.39, 0.29) is 6.61 Å². The van der Waals surface area contributed by atoms with E-state index in [1.807, 2.05) is 60.7 Å². The lowest BCUT2D eigenvalue weighted by Crippen LogP contribution is -1.95. The Morgan fingerprint density at radius 3 is 2.64 bits per heavy atom. The first-order chi connectivity index (χ1) is 10.9. The van der Waals surface area contributed by atoms with E-state index < -0.39 is 0 Å². The second-order valence-corrected chi connectivity index (χ2v) is 4.87. The van der Waals surface area contributed by atoms with Crippen molar-refractivity contribution in [3.8, 4) is 17.3 Å². The van der Waals surface area contributed by atoms with Crippen molar-refractivity contribution in [3.63, 3.8) is 0 Å². The number of nitrogens with one attached hydrogen (secondary N) is 1. The van der Waals surface area contributed by atoms with Gasteiger partial charge in [-0.3, -0.25) is 0 Å². The van der Waals surface area contributed by atoms with Crippen LogP contribution in [-0.2, 0) is 6.61 Å². The van der Waals surface area contributed by atoms with Gasteiger partial charge in [0.2, 0.25) is 0 Å². The SMILES string of the molecule is c1ccc(OCc2nnc(-c3cc4ccccc4[nH]3)o2)cc1. The second-order valence-electron chi connectivity index (χ2n) is 4.87. The summed E-state index contributed by atoms with van der Waals surface area (Å²) in [4.78, 5) is 3.26. The number of rotatable bonds is 4. The Morgan fingerprint density at radius 1 is 0.955 bits per heavy atom. The van der Waals surface area contributed by atoms with Gasteiger partial charge < -0.3 is 14.1 Å². The molecule has 0 saturated carbocycles. The predicted molar refractivity (Wildman–Crippen MR) is 82.4 cm³/mol. The monoisotopic (exact) mass is 291 g/mol. The van der Waals surface area contributed by atoms with E-state index in [4.69, 9.17) is 9.15 Å². The molecular formula is C17H13N3O2. The topological polar surface area (TPSA) is 63.9 Å². The van der Waals surface area contributed by atoms with Gasteiger partial charge in [-0.25, -0.2) is 0 Å². The zero-order chi connectivity index (χ0) is 14.8. The molecule has 0 spiro atoms. The van der Waals surface area contributed by atoms with Crippen LogP contribution in [0.3, 0.4) is 0 Å². The summed E-state index contributed by atoms with van der Waals surface area (Å²) in [6.07, 6.45) is 0. The lowest BCUT2D eigenvalue weighted by atomic mass is 10.2. The van der Waals surface area contributed by atoms with Gasteiger partial charge in [-0.1, -0.05) is 36.4 Å². The van der Waals surface area contributed by atoms with Gasteiger partial charge in [0, 0.05) is 10.9 Å². The van der Waals surface area contributed by atoms with Crippen LogP contribution in [0.15, 0.2) is 65.1 Å². The number of aromatic nitrogens is 3. The summed E-state index contributed by atoms with van der Waals surface area (Å²) in [6.45, 7) is 0.247. The molecule has 5 nitrogen and oxygen atoms in total. The van der Waals surface area contributed by atoms with Crippen molar-refractivity contribution in [2.45, 2.75) is 6.61 Å². The molecule has 2 aromatic heterocycles. The fourth-order valence-electron chi connectivity index (χ4n) is 2.27. The van der Waals surface area contributed by atoms with Gasteiger partial charge in [0.15, 0.2) is 6.61 Å². The third kappa shape index (κ3) is 2.44. The minimum absolute atomic E-state index is 0.247. The summed E-state index contributed by atoms with van der Waals surface area (Å²) < 4.78 is 11.2. The molecule has 0 atom stereocenters. The summed E-state index contributed by atoms with van der Waals surface area (Å²) in [5.41, 5.74) is 1.84. The van der Waals surface area contributed by atoms with Crippen LogP contribution < -0.4 is 4.74 Å². The van der Waals surface area contributed by atoms with Crippen LogP contribution in [0.5, 0.6) is 5.75 Å². The summed E-state index contributed by atoms with van der Waals surface area (Å²) in [7, 11) is 0. The standard InChI is InChI=1S/C17H13N3O2/c1-2-7-13(8-3-1)21-11-16-19-20-17(22-16)15-10-12-6-4-5-9-14(12)18-15/h1-10,18H,11H2. The molecule has 0 saturated heterocycles. The van der Waals surface area contributed by atoms with E-state index in [0.29, 0.717) is 11.8 Å². The molecule has 0 aliphatic carbocycles. The van der Waals surface area contributed by atoms with E-state index in [9.17, 15) is 0 Å². The highest BCUT2D eigenvalue weighted by atomic mass is 16.5. The fraction of sp³-hybridized carbons (Fsp3) is 0.0588. The maximum atomic E-state index is 5.64. The fourth-order valence-corrected chi connectivity index (χ4v) is 2.27. The third-order valence-electron chi connectivity index (χ3n) is 3.33. The minimum Gasteiger partial charge on any atom is -0.484 e. The van der Waals surface area contributed by atoms with E-state index in [0.717, 1.165) is 22.3 Å². The first kappa shape index (κ1) is 12.6. The van der Waals surface area contributed by atoms with E-state index in [1.54, 1.807) is 0 Å². The largest absolute Gasteiger partial charge is 0.484 e. The zero-order valence-electron chi connectivity index (χ0n) is 11.7. The van der Waals surface area contributed by atoms with Crippen LogP contribution >= 0.6 is 0 Å². The number of H-pyrrole nitrogens is 1. The number of fused-ring (bicyclic) bond motifs is 1. The van der Waals surface area contributed by atoms with E-state index >= 15 is 0 Å². The quantitative estimate of drug-likeness (QED) is 0.621. The maximum Gasteiger partial charge on any atom is 0.264 e. The summed E-state index contributed by atoms with van der Waals surface area (Å²) in [6, 6.07) is 19.5. The van der Waals surface area contributed by atoms with Crippen molar-refractivity contribution >= 4 is 10.9 Å². The highest BCUT2D eigenvalue weighted by Gasteiger charge is 2.11. The van der Waals surface area contributed by atoms with Gasteiger partial charge in [0.25, 0.3) is 11.8 Å². The highest BCUT2D eigenvalue weighted by Crippen LogP contribution is 2.23. The molecule has 2 heterocycles. The molecule has 4 aromatic rings. The molecule has 0 bridgehead atoms. The van der Waals surface area contributed by atoms with Crippen molar-refractivity contribution < 1.29 is 9.15 Å². The average molecular weight is 291 g/mol. The Kier molecular flexibility index (Phi) is 3.08. The third-order valence-corrected chi connectivity index (χ3v) is 3.33. The molecule has 0 radical (unpaired) electrons. The summed E-state index contributed by atoms with van der Waals surface area (Å²) in [5.74, 6) is 1.67. The summed E-state index contributed by atoms with van der Waals surface area (Å²) in [5, 5.41) is 9.19. The predicted octanol–water partition coefficient (Wildman–Crippen LogP) is 3.80. The number of ether oxygens (including phenoxy) is 1. The Balaban J connectivity index is 1.53. The molecule has 0 aliphatic heterocycles. The van der Waals surface area contributed by atoms with Crippen LogP contribution in [0.1, 0.15) is 5.89 Å². The van der Waals surface area contributed by atoms with Crippen molar-refractivity contribution in [1.29, 1.82) is 0 Å². The van der Waals surface area contributed by atoms with Gasteiger partial charge in [0.1, 0.15) is 11.4 Å². The Labute approximate surface area is 126 Å². The molecule has 0 amide bonds. The Hall–Kier alpha value is -3.08. The number of para-hydroxylation sites is 2. The number of hydrogen-bond acceptors (Lipinski definition) is 4. The summed E-state index contributed by atoms with van der Waals surface area (Å²) >= 11 is 0. The normalized spacial score (nSPS) is 10.9. The van der Waals surface area contributed by atoms with Gasteiger partial charge in [-0.05, 0) is 24.3 Å². The van der Waals surface area contributed by atoms with Gasteiger partial charge in [-0.2, -0.15) is 0 Å². The average Bonchev–Trinajstić information content (AvgIpc) is 3.20. The molecule has 108 valence electrons. The highest BCUT2D eigenvalue weighted by molar-refractivity contribution is 5.84. The molecule has 0 fully saturated rings. The molecule has 22 heavy (non-hydrogen) atoms. The zero-order valence-corrected chi connectivity index (χ0v) is 11.7.